The number of hydrogen-bond acceptors (Lipinski definition) is 4. The molecular formula is C15H23N3O3. The Hall–Kier alpha value is -1.40. The lowest BCUT2D eigenvalue weighted by Gasteiger charge is -2.33. The molecular weight excluding hydrogens is 270 g/mol. The average molecular weight is 293 g/mol. The van der Waals surface area contributed by atoms with E-state index in [-0.39, 0.29) is 18.4 Å². The summed E-state index contributed by atoms with van der Waals surface area (Å²) >= 11 is 0. The van der Waals surface area contributed by atoms with E-state index in [1.807, 2.05) is 6.20 Å². The van der Waals surface area contributed by atoms with Crippen molar-refractivity contribution in [1.82, 2.24) is 15.5 Å². The van der Waals surface area contributed by atoms with Gasteiger partial charge in [-0.25, -0.2) is 0 Å². The van der Waals surface area contributed by atoms with E-state index in [4.69, 9.17) is 4.74 Å². The van der Waals surface area contributed by atoms with Crippen LogP contribution in [0.5, 0.6) is 0 Å². The Morgan fingerprint density at radius 1 is 1.67 bits per heavy atom. The average Bonchev–Trinajstić information content (AvgIpc) is 2.93. The molecule has 0 saturated carbocycles. The Labute approximate surface area is 124 Å². The lowest BCUT2D eigenvalue weighted by Crippen LogP contribution is -2.49. The zero-order chi connectivity index (χ0) is 14.9. The van der Waals surface area contributed by atoms with E-state index in [0.717, 1.165) is 30.5 Å². The highest BCUT2D eigenvalue weighted by Gasteiger charge is 2.34. The van der Waals surface area contributed by atoms with Gasteiger partial charge in [-0.05, 0) is 37.2 Å². The van der Waals surface area contributed by atoms with Crippen molar-refractivity contribution in [3.05, 3.63) is 17.5 Å². The van der Waals surface area contributed by atoms with E-state index in [1.54, 1.807) is 0 Å². The number of amides is 1. The van der Waals surface area contributed by atoms with Gasteiger partial charge in [0.25, 0.3) is 0 Å². The molecule has 0 radical (unpaired) electrons. The van der Waals surface area contributed by atoms with E-state index >= 15 is 0 Å². The monoisotopic (exact) mass is 293 g/mol. The first-order valence-corrected chi connectivity index (χ1v) is 7.67. The molecule has 2 heterocycles. The second-order valence-electron chi connectivity index (χ2n) is 6.50. The second kappa shape index (κ2) is 5.77. The van der Waals surface area contributed by atoms with Crippen LogP contribution in [-0.2, 0) is 16.0 Å². The van der Waals surface area contributed by atoms with E-state index in [2.05, 4.69) is 22.4 Å². The number of aromatic amines is 1. The van der Waals surface area contributed by atoms with Crippen molar-refractivity contribution in [2.75, 3.05) is 19.8 Å². The van der Waals surface area contributed by atoms with Crippen LogP contribution < -0.4 is 5.32 Å². The van der Waals surface area contributed by atoms with E-state index in [0.29, 0.717) is 25.6 Å². The number of aliphatic hydroxyl groups is 1. The van der Waals surface area contributed by atoms with Gasteiger partial charge >= 0.3 is 0 Å². The minimum absolute atomic E-state index is 0.0361. The van der Waals surface area contributed by atoms with Gasteiger partial charge in [0, 0.05) is 13.2 Å². The number of nitrogens with one attached hydrogen (secondary N) is 2. The van der Waals surface area contributed by atoms with Gasteiger partial charge in [-0.1, -0.05) is 6.92 Å². The molecule has 0 spiro atoms. The largest absolute Gasteiger partial charge is 0.386 e. The minimum atomic E-state index is -0.926. The van der Waals surface area contributed by atoms with Gasteiger partial charge in [-0.15, -0.1) is 0 Å². The maximum atomic E-state index is 12.5. The molecule has 0 aromatic carbocycles. The SMILES string of the molecule is CC1Cc2cn[nH]c2C(C(=O)NCC2(O)CCCOC2)C1. The standard InChI is InChI=1S/C15H23N3O3/c1-10-5-11-7-17-18-13(11)12(6-10)14(19)16-8-15(20)3-2-4-21-9-15/h7,10,12,20H,2-6,8-9H2,1H3,(H,16,19)(H,17,18). The molecule has 1 fully saturated rings. The maximum Gasteiger partial charge on any atom is 0.229 e. The van der Waals surface area contributed by atoms with Gasteiger partial charge in [0.05, 0.1) is 24.4 Å². The van der Waals surface area contributed by atoms with Crippen LogP contribution in [0.3, 0.4) is 0 Å². The van der Waals surface area contributed by atoms with Crippen molar-refractivity contribution in [2.45, 2.75) is 44.1 Å². The maximum absolute atomic E-state index is 12.5. The van der Waals surface area contributed by atoms with Crippen LogP contribution in [0.15, 0.2) is 6.20 Å². The molecule has 6 heteroatoms. The van der Waals surface area contributed by atoms with Gasteiger partial charge < -0.3 is 15.2 Å². The van der Waals surface area contributed by atoms with Crippen LogP contribution in [0.1, 0.15) is 43.4 Å². The lowest BCUT2D eigenvalue weighted by atomic mass is 9.81. The first kappa shape index (κ1) is 14.5. The quantitative estimate of drug-likeness (QED) is 0.767. The summed E-state index contributed by atoms with van der Waals surface area (Å²) in [5.41, 5.74) is 1.14. The fourth-order valence-electron chi connectivity index (χ4n) is 3.35. The molecule has 0 bridgehead atoms. The molecule has 3 unspecified atom stereocenters. The second-order valence-corrected chi connectivity index (χ2v) is 6.50. The molecule has 1 aromatic heterocycles. The van der Waals surface area contributed by atoms with Crippen LogP contribution in [0, 0.1) is 5.92 Å². The number of hydrogen-bond donors (Lipinski definition) is 3. The first-order valence-electron chi connectivity index (χ1n) is 7.67. The third-order valence-corrected chi connectivity index (χ3v) is 4.52. The Bertz CT molecular complexity index is 508. The number of carbonyl (C=O) groups is 1. The molecule has 1 aliphatic heterocycles. The van der Waals surface area contributed by atoms with Gasteiger partial charge in [-0.2, -0.15) is 5.10 Å². The van der Waals surface area contributed by atoms with Crippen molar-refractivity contribution in [2.24, 2.45) is 5.92 Å². The highest BCUT2D eigenvalue weighted by molar-refractivity contribution is 5.83. The summed E-state index contributed by atoms with van der Waals surface area (Å²) < 4.78 is 5.31. The molecule has 3 atom stereocenters. The Kier molecular flexibility index (Phi) is 3.99. The molecule has 6 nitrogen and oxygen atoms in total. The predicted molar refractivity (Wildman–Crippen MR) is 76.8 cm³/mol. The lowest BCUT2D eigenvalue weighted by molar-refractivity contribution is -0.127. The highest BCUT2D eigenvalue weighted by atomic mass is 16.5. The van der Waals surface area contributed by atoms with Gasteiger partial charge in [0.1, 0.15) is 5.60 Å². The number of ether oxygens (including phenoxy) is 1. The first-order chi connectivity index (χ1) is 10.1. The Morgan fingerprint density at radius 3 is 3.29 bits per heavy atom. The fourth-order valence-corrected chi connectivity index (χ4v) is 3.35. The fraction of sp³-hybridized carbons (Fsp3) is 0.733. The summed E-state index contributed by atoms with van der Waals surface area (Å²) in [4.78, 5) is 12.5. The molecule has 1 saturated heterocycles. The molecule has 1 aliphatic carbocycles. The summed E-state index contributed by atoms with van der Waals surface area (Å²) in [5, 5.41) is 20.3. The van der Waals surface area contributed by atoms with Gasteiger partial charge in [-0.3, -0.25) is 9.89 Å². The summed E-state index contributed by atoms with van der Waals surface area (Å²) in [6.45, 7) is 3.39. The zero-order valence-electron chi connectivity index (χ0n) is 12.4. The smallest absolute Gasteiger partial charge is 0.229 e. The van der Waals surface area contributed by atoms with Crippen LogP contribution in [0.25, 0.3) is 0 Å². The number of rotatable bonds is 3. The molecule has 1 amide bonds. The molecule has 1 aromatic rings. The number of aromatic nitrogens is 2. The van der Waals surface area contributed by atoms with Crippen molar-refractivity contribution in [3.63, 3.8) is 0 Å². The minimum Gasteiger partial charge on any atom is -0.386 e. The van der Waals surface area contributed by atoms with Crippen molar-refractivity contribution in [1.29, 1.82) is 0 Å². The summed E-state index contributed by atoms with van der Waals surface area (Å²) in [5.74, 6) is 0.234. The van der Waals surface area contributed by atoms with E-state index < -0.39 is 5.60 Å². The third kappa shape index (κ3) is 3.11. The highest BCUT2D eigenvalue weighted by Crippen LogP contribution is 2.33. The molecule has 2 aliphatic rings. The molecule has 21 heavy (non-hydrogen) atoms. The molecule has 3 N–H and O–H groups in total. The van der Waals surface area contributed by atoms with Crippen LogP contribution in [-0.4, -0.2) is 46.6 Å². The number of H-pyrrole nitrogens is 1. The topological polar surface area (TPSA) is 87.2 Å². The summed E-state index contributed by atoms with van der Waals surface area (Å²) in [7, 11) is 0. The number of carbonyl (C=O) groups excluding carboxylic acids is 1. The predicted octanol–water partition coefficient (Wildman–Crippen LogP) is 0.733. The Morgan fingerprint density at radius 2 is 2.52 bits per heavy atom. The number of fused-ring (bicyclic) bond motifs is 1. The van der Waals surface area contributed by atoms with Crippen molar-refractivity contribution < 1.29 is 14.6 Å². The van der Waals surface area contributed by atoms with Crippen molar-refractivity contribution >= 4 is 5.91 Å². The summed E-state index contributed by atoms with van der Waals surface area (Å²) in [6.07, 6.45) is 5.10. The van der Waals surface area contributed by atoms with Crippen LogP contribution >= 0.6 is 0 Å². The van der Waals surface area contributed by atoms with E-state index in [1.165, 1.54) is 0 Å². The van der Waals surface area contributed by atoms with Gasteiger partial charge in [0.2, 0.25) is 5.91 Å². The molecule has 116 valence electrons. The summed E-state index contributed by atoms with van der Waals surface area (Å²) in [6, 6.07) is 0. The van der Waals surface area contributed by atoms with E-state index in [9.17, 15) is 9.90 Å². The third-order valence-electron chi connectivity index (χ3n) is 4.52. The Balaban J connectivity index is 1.63. The number of nitrogens with zero attached hydrogens (tertiary/aromatic N) is 1. The van der Waals surface area contributed by atoms with Crippen LogP contribution in [0.4, 0.5) is 0 Å². The van der Waals surface area contributed by atoms with Crippen LogP contribution in [0.2, 0.25) is 0 Å². The normalized spacial score (nSPS) is 32.5. The zero-order valence-corrected chi connectivity index (χ0v) is 12.4. The molecule has 3 rings (SSSR count). The van der Waals surface area contributed by atoms with Crippen molar-refractivity contribution in [3.8, 4) is 0 Å². The van der Waals surface area contributed by atoms with Gasteiger partial charge in [0.15, 0.2) is 0 Å².